The van der Waals surface area contributed by atoms with Crippen LogP contribution in [0.15, 0.2) is 66.7 Å². The summed E-state index contributed by atoms with van der Waals surface area (Å²) in [6, 6.07) is 10.9. The van der Waals surface area contributed by atoms with E-state index in [-0.39, 0.29) is 29.6 Å². The standard InChI is InChI=1S/C26H17F7N4O3/c27-18-9-10-20-19(11-18)21(24(38)35-13-15-3-7-17(8-4-15)26(31,32)33)22(37(39)40)23(36-20)34-12-14-1-5-16(6-2-14)25(28,29)30/h1-11H,12-13H2,(H,34,36)(H,35,38). The number of carbonyl (C=O) groups excluding carboxylic acids is 1. The Kier molecular flexibility index (Phi) is 7.62. The molecule has 0 radical (unpaired) electrons. The molecule has 0 saturated carbocycles. The summed E-state index contributed by atoms with van der Waals surface area (Å²) in [6.45, 7) is -0.507. The number of carbonyl (C=O) groups is 1. The smallest absolute Gasteiger partial charge is 0.360 e. The molecule has 0 spiro atoms. The van der Waals surface area contributed by atoms with E-state index >= 15 is 0 Å². The summed E-state index contributed by atoms with van der Waals surface area (Å²) in [5, 5.41) is 16.9. The van der Waals surface area contributed by atoms with Gasteiger partial charge in [0.2, 0.25) is 5.82 Å². The molecule has 1 amide bonds. The highest BCUT2D eigenvalue weighted by Crippen LogP contribution is 2.35. The molecule has 0 aliphatic carbocycles. The minimum atomic E-state index is -4.56. The third-order valence-electron chi connectivity index (χ3n) is 5.81. The van der Waals surface area contributed by atoms with Crippen LogP contribution < -0.4 is 10.6 Å². The number of nitrogens with zero attached hydrogens (tertiary/aromatic N) is 2. The number of amides is 1. The van der Waals surface area contributed by atoms with Crippen molar-refractivity contribution in [3.8, 4) is 0 Å². The molecule has 14 heteroatoms. The summed E-state index contributed by atoms with van der Waals surface area (Å²) in [5.74, 6) is -2.24. The van der Waals surface area contributed by atoms with Gasteiger partial charge in [-0.05, 0) is 53.6 Å². The highest BCUT2D eigenvalue weighted by Gasteiger charge is 2.32. The zero-order valence-electron chi connectivity index (χ0n) is 20.0. The average Bonchev–Trinajstić information content (AvgIpc) is 2.89. The van der Waals surface area contributed by atoms with E-state index in [0.717, 1.165) is 60.7 Å². The Morgan fingerprint density at radius 2 is 1.35 bits per heavy atom. The second-order valence-electron chi connectivity index (χ2n) is 8.53. The highest BCUT2D eigenvalue weighted by molar-refractivity contribution is 6.11. The fourth-order valence-electron chi connectivity index (χ4n) is 3.84. The van der Waals surface area contributed by atoms with Gasteiger partial charge in [-0.15, -0.1) is 0 Å². The molecule has 4 aromatic rings. The van der Waals surface area contributed by atoms with Gasteiger partial charge in [-0.3, -0.25) is 14.9 Å². The maximum Gasteiger partial charge on any atom is 0.416 e. The predicted molar refractivity (Wildman–Crippen MR) is 130 cm³/mol. The van der Waals surface area contributed by atoms with Gasteiger partial charge in [0, 0.05) is 18.5 Å². The Hall–Kier alpha value is -4.75. The minimum absolute atomic E-state index is 0.00148. The molecule has 208 valence electrons. The van der Waals surface area contributed by atoms with E-state index < -0.39 is 57.2 Å². The molecule has 0 saturated heterocycles. The zero-order chi connectivity index (χ0) is 29.2. The van der Waals surface area contributed by atoms with E-state index in [1.54, 1.807) is 0 Å². The molecule has 1 heterocycles. The molecule has 40 heavy (non-hydrogen) atoms. The number of pyridine rings is 1. The first kappa shape index (κ1) is 28.3. The summed E-state index contributed by atoms with van der Waals surface area (Å²) in [7, 11) is 0. The molecule has 0 atom stereocenters. The topological polar surface area (TPSA) is 97.2 Å². The van der Waals surface area contributed by atoms with E-state index in [4.69, 9.17) is 0 Å². The number of halogens is 7. The molecule has 4 rings (SSSR count). The number of rotatable bonds is 7. The van der Waals surface area contributed by atoms with Crippen molar-refractivity contribution in [1.82, 2.24) is 10.3 Å². The van der Waals surface area contributed by atoms with E-state index in [1.807, 2.05) is 0 Å². The minimum Gasteiger partial charge on any atom is -0.360 e. The summed E-state index contributed by atoms with van der Waals surface area (Å²) < 4.78 is 91.0. The van der Waals surface area contributed by atoms with Crippen LogP contribution in [0.5, 0.6) is 0 Å². The van der Waals surface area contributed by atoms with Gasteiger partial charge < -0.3 is 10.6 Å². The summed E-state index contributed by atoms with van der Waals surface area (Å²) in [4.78, 5) is 28.4. The Labute approximate surface area is 220 Å². The SMILES string of the molecule is O=C(NCc1ccc(C(F)(F)F)cc1)c1c([N+](=O)[O-])c(NCc2ccc(C(F)(F)F)cc2)nc2ccc(F)cc12. The van der Waals surface area contributed by atoms with Gasteiger partial charge in [0.25, 0.3) is 5.91 Å². The molecule has 2 N–H and O–H groups in total. The van der Waals surface area contributed by atoms with Gasteiger partial charge >= 0.3 is 18.0 Å². The number of nitro groups is 1. The summed E-state index contributed by atoms with van der Waals surface area (Å²) in [5.41, 5.74) is -2.60. The molecule has 7 nitrogen and oxygen atoms in total. The zero-order valence-corrected chi connectivity index (χ0v) is 20.0. The van der Waals surface area contributed by atoms with Crippen molar-refractivity contribution in [2.24, 2.45) is 0 Å². The number of alkyl halides is 6. The molecule has 1 aromatic heterocycles. The number of anilines is 1. The van der Waals surface area contributed by atoms with Crippen molar-refractivity contribution in [2.45, 2.75) is 25.4 Å². The van der Waals surface area contributed by atoms with Crippen LogP contribution in [0.25, 0.3) is 10.9 Å². The summed E-state index contributed by atoms with van der Waals surface area (Å²) in [6.07, 6.45) is -9.12. The van der Waals surface area contributed by atoms with Crippen molar-refractivity contribution in [3.05, 3.63) is 110 Å². The van der Waals surface area contributed by atoms with Crippen LogP contribution in [0, 0.1) is 15.9 Å². The first-order valence-electron chi connectivity index (χ1n) is 11.4. The highest BCUT2D eigenvalue weighted by atomic mass is 19.4. The average molecular weight is 566 g/mol. The quantitative estimate of drug-likeness (QED) is 0.145. The number of aromatic nitrogens is 1. The molecule has 0 unspecified atom stereocenters. The van der Waals surface area contributed by atoms with Gasteiger partial charge in [-0.25, -0.2) is 9.37 Å². The maximum absolute atomic E-state index is 14.1. The first-order chi connectivity index (χ1) is 18.7. The van der Waals surface area contributed by atoms with Gasteiger partial charge in [-0.2, -0.15) is 26.3 Å². The third-order valence-corrected chi connectivity index (χ3v) is 5.81. The van der Waals surface area contributed by atoms with Crippen LogP contribution >= 0.6 is 0 Å². The van der Waals surface area contributed by atoms with Crippen LogP contribution in [0.4, 0.5) is 42.2 Å². The molecule has 0 bridgehead atoms. The fraction of sp³-hybridized carbons (Fsp3) is 0.154. The summed E-state index contributed by atoms with van der Waals surface area (Å²) >= 11 is 0. The largest absolute Gasteiger partial charge is 0.416 e. The lowest BCUT2D eigenvalue weighted by Gasteiger charge is -2.14. The van der Waals surface area contributed by atoms with Crippen molar-refractivity contribution in [2.75, 3.05) is 5.32 Å². The van der Waals surface area contributed by atoms with Gasteiger partial charge in [0.1, 0.15) is 11.4 Å². The lowest BCUT2D eigenvalue weighted by Crippen LogP contribution is -2.25. The van der Waals surface area contributed by atoms with Crippen LogP contribution in [-0.2, 0) is 25.4 Å². The number of hydrogen-bond acceptors (Lipinski definition) is 5. The van der Waals surface area contributed by atoms with E-state index in [1.165, 1.54) is 6.07 Å². The van der Waals surface area contributed by atoms with Crippen LogP contribution in [0.3, 0.4) is 0 Å². The Balaban J connectivity index is 1.66. The molecule has 0 aliphatic heterocycles. The normalized spacial score (nSPS) is 11.9. The number of nitrogens with one attached hydrogen (secondary N) is 2. The number of fused-ring (bicyclic) bond motifs is 1. The van der Waals surface area contributed by atoms with Gasteiger partial charge in [0.15, 0.2) is 0 Å². The Morgan fingerprint density at radius 3 is 1.85 bits per heavy atom. The van der Waals surface area contributed by atoms with Crippen molar-refractivity contribution in [3.63, 3.8) is 0 Å². The van der Waals surface area contributed by atoms with E-state index in [2.05, 4.69) is 15.6 Å². The second-order valence-corrected chi connectivity index (χ2v) is 8.53. The fourth-order valence-corrected chi connectivity index (χ4v) is 3.84. The Morgan fingerprint density at radius 1 is 0.825 bits per heavy atom. The third kappa shape index (κ3) is 6.27. The van der Waals surface area contributed by atoms with Crippen molar-refractivity contribution in [1.29, 1.82) is 0 Å². The maximum atomic E-state index is 14.1. The molecule has 0 fully saturated rings. The predicted octanol–water partition coefficient (Wildman–Crippen LogP) is 6.86. The molecular weight excluding hydrogens is 549 g/mol. The van der Waals surface area contributed by atoms with Crippen molar-refractivity contribution >= 4 is 28.3 Å². The number of hydrogen-bond donors (Lipinski definition) is 2. The monoisotopic (exact) mass is 566 g/mol. The van der Waals surface area contributed by atoms with Crippen molar-refractivity contribution < 1.29 is 40.5 Å². The van der Waals surface area contributed by atoms with Crippen LogP contribution in [-0.4, -0.2) is 15.8 Å². The van der Waals surface area contributed by atoms with Crippen LogP contribution in [0.1, 0.15) is 32.6 Å². The first-order valence-corrected chi connectivity index (χ1v) is 11.4. The number of benzene rings is 3. The van der Waals surface area contributed by atoms with Crippen LogP contribution in [0.2, 0.25) is 0 Å². The van der Waals surface area contributed by atoms with E-state index in [0.29, 0.717) is 5.56 Å². The van der Waals surface area contributed by atoms with Gasteiger partial charge in [0.05, 0.1) is 21.6 Å². The molecule has 0 aliphatic rings. The van der Waals surface area contributed by atoms with Gasteiger partial charge in [-0.1, -0.05) is 24.3 Å². The Bertz CT molecular complexity index is 1570. The lowest BCUT2D eigenvalue weighted by molar-refractivity contribution is -0.384. The molecular formula is C26H17F7N4O3. The molecule has 3 aromatic carbocycles. The lowest BCUT2D eigenvalue weighted by atomic mass is 10.0. The van der Waals surface area contributed by atoms with E-state index in [9.17, 15) is 45.6 Å². The second kappa shape index (κ2) is 10.8.